The number of rotatable bonds is 9. The number of fused-ring (bicyclic) bond motifs is 1. The minimum atomic E-state index is 0.972. The van der Waals surface area contributed by atoms with E-state index in [1.807, 2.05) is 0 Å². The van der Waals surface area contributed by atoms with Gasteiger partial charge in [0.1, 0.15) is 0 Å². The molecule has 0 unspecified atom stereocenters. The van der Waals surface area contributed by atoms with Crippen LogP contribution in [0, 0.1) is 0 Å². The minimum Gasteiger partial charge on any atom is -0.347 e. The standard InChI is InChI=1S/C18H28N2/c1-3-5-6-7-10-13-20-15-16(14-19-4-2)17-11-8-9-12-18(17)20/h8-9,11-12,15,19H,3-7,10,13-14H2,1-2H3. The molecule has 2 aromatic rings. The van der Waals surface area contributed by atoms with Crippen LogP contribution in [0.5, 0.6) is 0 Å². The number of aryl methyl sites for hydroxylation is 1. The minimum absolute atomic E-state index is 0.972. The van der Waals surface area contributed by atoms with E-state index >= 15 is 0 Å². The zero-order valence-corrected chi connectivity index (χ0v) is 13.0. The maximum Gasteiger partial charge on any atom is 0.0483 e. The molecule has 0 aliphatic rings. The smallest absolute Gasteiger partial charge is 0.0483 e. The van der Waals surface area contributed by atoms with Crippen molar-refractivity contribution in [2.75, 3.05) is 6.54 Å². The molecule has 0 atom stereocenters. The number of unbranched alkanes of at least 4 members (excludes halogenated alkanes) is 4. The molecule has 20 heavy (non-hydrogen) atoms. The Kier molecular flexibility index (Phi) is 6.13. The van der Waals surface area contributed by atoms with Crippen molar-refractivity contribution in [1.82, 2.24) is 9.88 Å². The summed E-state index contributed by atoms with van der Waals surface area (Å²) >= 11 is 0. The molecule has 0 fully saturated rings. The predicted octanol–water partition coefficient (Wildman–Crippen LogP) is 4.72. The second-order valence-electron chi connectivity index (χ2n) is 5.56. The lowest BCUT2D eigenvalue weighted by Gasteiger charge is -2.05. The summed E-state index contributed by atoms with van der Waals surface area (Å²) in [6, 6.07) is 8.78. The molecule has 1 aromatic carbocycles. The van der Waals surface area contributed by atoms with Crippen LogP contribution in [0.25, 0.3) is 10.9 Å². The van der Waals surface area contributed by atoms with Gasteiger partial charge < -0.3 is 9.88 Å². The molecule has 0 saturated carbocycles. The van der Waals surface area contributed by atoms with Crippen LogP contribution in [-0.2, 0) is 13.1 Å². The molecule has 0 spiro atoms. The lowest BCUT2D eigenvalue weighted by atomic mass is 10.1. The van der Waals surface area contributed by atoms with Gasteiger partial charge in [-0.1, -0.05) is 57.7 Å². The summed E-state index contributed by atoms with van der Waals surface area (Å²) in [4.78, 5) is 0. The van der Waals surface area contributed by atoms with Gasteiger partial charge >= 0.3 is 0 Å². The molecule has 2 rings (SSSR count). The van der Waals surface area contributed by atoms with Gasteiger partial charge in [-0.2, -0.15) is 0 Å². The first-order valence-electron chi connectivity index (χ1n) is 8.14. The van der Waals surface area contributed by atoms with Crippen LogP contribution in [0.15, 0.2) is 30.5 Å². The highest BCUT2D eigenvalue weighted by molar-refractivity contribution is 5.83. The van der Waals surface area contributed by atoms with Crippen LogP contribution in [0.2, 0.25) is 0 Å². The van der Waals surface area contributed by atoms with E-state index in [2.05, 4.69) is 54.2 Å². The van der Waals surface area contributed by atoms with E-state index in [4.69, 9.17) is 0 Å². The largest absolute Gasteiger partial charge is 0.347 e. The van der Waals surface area contributed by atoms with E-state index in [0.29, 0.717) is 0 Å². The van der Waals surface area contributed by atoms with Crippen molar-refractivity contribution in [2.45, 2.75) is 59.0 Å². The predicted molar refractivity (Wildman–Crippen MR) is 88.1 cm³/mol. The van der Waals surface area contributed by atoms with Crippen molar-refractivity contribution in [3.63, 3.8) is 0 Å². The Balaban J connectivity index is 2.04. The maximum atomic E-state index is 3.44. The quantitative estimate of drug-likeness (QED) is 0.653. The first-order valence-corrected chi connectivity index (χ1v) is 8.14. The van der Waals surface area contributed by atoms with Gasteiger partial charge in [-0.05, 0) is 24.6 Å². The van der Waals surface area contributed by atoms with Gasteiger partial charge in [0.05, 0.1) is 0 Å². The zero-order chi connectivity index (χ0) is 14.2. The van der Waals surface area contributed by atoms with E-state index in [9.17, 15) is 0 Å². The van der Waals surface area contributed by atoms with Crippen molar-refractivity contribution in [3.8, 4) is 0 Å². The Morgan fingerprint density at radius 2 is 1.80 bits per heavy atom. The van der Waals surface area contributed by atoms with Crippen molar-refractivity contribution in [2.24, 2.45) is 0 Å². The lowest BCUT2D eigenvalue weighted by molar-refractivity contribution is 0.576. The topological polar surface area (TPSA) is 17.0 Å². The molecule has 0 saturated heterocycles. The van der Waals surface area contributed by atoms with Crippen LogP contribution >= 0.6 is 0 Å². The SMILES string of the molecule is CCCCCCCn1cc(CNCC)c2ccccc21. The molecule has 110 valence electrons. The molecule has 2 heteroatoms. The number of para-hydroxylation sites is 1. The Bertz CT molecular complexity index is 513. The highest BCUT2D eigenvalue weighted by atomic mass is 15.0. The summed E-state index contributed by atoms with van der Waals surface area (Å²) in [6.07, 6.45) is 9.05. The summed E-state index contributed by atoms with van der Waals surface area (Å²) in [7, 11) is 0. The van der Waals surface area contributed by atoms with Crippen LogP contribution in [0.1, 0.15) is 51.5 Å². The Hall–Kier alpha value is -1.28. The van der Waals surface area contributed by atoms with Crippen LogP contribution in [-0.4, -0.2) is 11.1 Å². The van der Waals surface area contributed by atoms with Crippen LogP contribution in [0.4, 0.5) is 0 Å². The summed E-state index contributed by atoms with van der Waals surface area (Å²) in [5, 5.41) is 4.85. The molecule has 0 aliphatic carbocycles. The maximum absolute atomic E-state index is 3.44. The zero-order valence-electron chi connectivity index (χ0n) is 13.0. The third kappa shape index (κ3) is 3.86. The fourth-order valence-corrected chi connectivity index (χ4v) is 2.79. The lowest BCUT2D eigenvalue weighted by Crippen LogP contribution is -2.11. The van der Waals surface area contributed by atoms with E-state index < -0.39 is 0 Å². The Labute approximate surface area is 123 Å². The summed E-state index contributed by atoms with van der Waals surface area (Å²) < 4.78 is 2.44. The number of benzene rings is 1. The van der Waals surface area contributed by atoms with Gasteiger partial charge in [-0.3, -0.25) is 0 Å². The second-order valence-corrected chi connectivity index (χ2v) is 5.56. The van der Waals surface area contributed by atoms with Crippen molar-refractivity contribution < 1.29 is 0 Å². The number of aromatic nitrogens is 1. The number of nitrogens with zero attached hydrogens (tertiary/aromatic N) is 1. The fourth-order valence-electron chi connectivity index (χ4n) is 2.79. The number of hydrogen-bond acceptors (Lipinski definition) is 1. The van der Waals surface area contributed by atoms with E-state index in [0.717, 1.165) is 19.6 Å². The fraction of sp³-hybridized carbons (Fsp3) is 0.556. The van der Waals surface area contributed by atoms with Crippen molar-refractivity contribution in [3.05, 3.63) is 36.0 Å². The molecule has 1 aromatic heterocycles. The molecule has 0 bridgehead atoms. The highest BCUT2D eigenvalue weighted by Gasteiger charge is 2.07. The molecule has 0 aliphatic heterocycles. The van der Waals surface area contributed by atoms with Gasteiger partial charge in [0.15, 0.2) is 0 Å². The monoisotopic (exact) mass is 272 g/mol. The summed E-state index contributed by atoms with van der Waals surface area (Å²) in [6.45, 7) is 7.58. The van der Waals surface area contributed by atoms with Crippen molar-refractivity contribution in [1.29, 1.82) is 0 Å². The Morgan fingerprint density at radius 1 is 1.00 bits per heavy atom. The van der Waals surface area contributed by atoms with E-state index in [1.54, 1.807) is 0 Å². The molecule has 0 amide bonds. The van der Waals surface area contributed by atoms with Gasteiger partial charge in [0.25, 0.3) is 0 Å². The first kappa shape index (κ1) is 15.1. The van der Waals surface area contributed by atoms with Crippen molar-refractivity contribution >= 4 is 10.9 Å². The van der Waals surface area contributed by atoms with E-state index in [-0.39, 0.29) is 0 Å². The molecular formula is C18H28N2. The van der Waals surface area contributed by atoms with Crippen LogP contribution in [0.3, 0.4) is 0 Å². The molecule has 1 heterocycles. The van der Waals surface area contributed by atoms with E-state index in [1.165, 1.54) is 48.6 Å². The third-order valence-corrected chi connectivity index (χ3v) is 3.94. The van der Waals surface area contributed by atoms with Crippen LogP contribution < -0.4 is 5.32 Å². The van der Waals surface area contributed by atoms with Gasteiger partial charge in [-0.25, -0.2) is 0 Å². The normalized spacial score (nSPS) is 11.3. The first-order chi connectivity index (χ1) is 9.86. The molecule has 0 radical (unpaired) electrons. The highest BCUT2D eigenvalue weighted by Crippen LogP contribution is 2.22. The van der Waals surface area contributed by atoms with Gasteiger partial charge in [-0.15, -0.1) is 0 Å². The molecule has 1 N–H and O–H groups in total. The van der Waals surface area contributed by atoms with Gasteiger partial charge in [0, 0.05) is 30.2 Å². The summed E-state index contributed by atoms with van der Waals surface area (Å²) in [5.74, 6) is 0. The number of nitrogens with one attached hydrogen (secondary N) is 1. The Morgan fingerprint density at radius 3 is 2.60 bits per heavy atom. The summed E-state index contributed by atoms with van der Waals surface area (Å²) in [5.41, 5.74) is 2.81. The second kappa shape index (κ2) is 8.11. The average Bonchev–Trinajstić information content (AvgIpc) is 2.83. The van der Waals surface area contributed by atoms with Gasteiger partial charge in [0.2, 0.25) is 0 Å². The third-order valence-electron chi connectivity index (χ3n) is 3.94. The molecule has 2 nitrogen and oxygen atoms in total. The molecular weight excluding hydrogens is 244 g/mol. The average molecular weight is 272 g/mol. The number of hydrogen-bond donors (Lipinski definition) is 1.